The fourth-order valence-corrected chi connectivity index (χ4v) is 2.41. The molecule has 0 aromatic heterocycles. The highest BCUT2D eigenvalue weighted by Gasteiger charge is 2.20. The molecule has 0 spiro atoms. The zero-order chi connectivity index (χ0) is 17.0. The van der Waals surface area contributed by atoms with Gasteiger partial charge < -0.3 is 10.1 Å². The number of hydrogen-bond donors (Lipinski definition) is 1. The van der Waals surface area contributed by atoms with Crippen molar-refractivity contribution in [3.05, 3.63) is 61.6 Å². The lowest BCUT2D eigenvalue weighted by Crippen LogP contribution is -2.30. The molecule has 0 aliphatic rings. The molecule has 0 aliphatic carbocycles. The molecule has 4 nitrogen and oxygen atoms in total. The molecule has 0 saturated heterocycles. The van der Waals surface area contributed by atoms with Crippen LogP contribution in [-0.2, 0) is 9.53 Å². The third-order valence-electron chi connectivity index (χ3n) is 2.94. The largest absolute Gasteiger partial charge is 0.449 e. The Kier molecular flexibility index (Phi) is 6.26. The summed E-state index contributed by atoms with van der Waals surface area (Å²) in [4.78, 5) is 24.1. The fourth-order valence-electron chi connectivity index (χ4n) is 1.70. The van der Waals surface area contributed by atoms with Crippen LogP contribution in [0.25, 0.3) is 0 Å². The second-order valence-electron chi connectivity index (χ2n) is 4.65. The Labute approximate surface area is 157 Å². The Bertz CT molecular complexity index is 735. The van der Waals surface area contributed by atoms with Crippen LogP contribution in [0.3, 0.4) is 0 Å². The molecule has 0 aliphatic heterocycles. The van der Waals surface area contributed by atoms with Gasteiger partial charge in [-0.2, -0.15) is 0 Å². The molecule has 1 unspecified atom stereocenters. The van der Waals surface area contributed by atoms with E-state index in [0.29, 0.717) is 16.3 Å². The standard InChI is InChI=1S/C16H12Cl2INO3/c1-9(23-16(22)10-5-7-11(19)8-6-10)15(21)20-13-4-2-3-12(17)14(13)18/h2-9H,1H3,(H,20,21). The molecule has 120 valence electrons. The predicted molar refractivity (Wildman–Crippen MR) is 99.1 cm³/mol. The number of nitrogens with one attached hydrogen (secondary N) is 1. The molecule has 7 heteroatoms. The highest BCUT2D eigenvalue weighted by molar-refractivity contribution is 14.1. The molecule has 1 atom stereocenters. The van der Waals surface area contributed by atoms with Crippen LogP contribution < -0.4 is 5.32 Å². The van der Waals surface area contributed by atoms with Gasteiger partial charge in [0.2, 0.25) is 0 Å². The SMILES string of the molecule is CC(OC(=O)c1ccc(I)cc1)C(=O)Nc1cccc(Cl)c1Cl. The minimum atomic E-state index is -0.975. The Morgan fingerprint density at radius 1 is 1.13 bits per heavy atom. The lowest BCUT2D eigenvalue weighted by Gasteiger charge is -2.14. The van der Waals surface area contributed by atoms with Crippen LogP contribution in [0.1, 0.15) is 17.3 Å². The summed E-state index contributed by atoms with van der Waals surface area (Å²) >= 11 is 14.0. The number of hydrogen-bond acceptors (Lipinski definition) is 3. The summed E-state index contributed by atoms with van der Waals surface area (Å²) in [5.74, 6) is -1.06. The molecule has 23 heavy (non-hydrogen) atoms. The summed E-state index contributed by atoms with van der Waals surface area (Å²) in [5, 5.41) is 3.14. The van der Waals surface area contributed by atoms with Crippen molar-refractivity contribution in [2.24, 2.45) is 0 Å². The molecule has 1 amide bonds. The van der Waals surface area contributed by atoms with Crippen LogP contribution in [0, 0.1) is 3.57 Å². The molecule has 2 aromatic rings. The molecular weight excluding hydrogens is 452 g/mol. The summed E-state index contributed by atoms with van der Waals surface area (Å²) in [6, 6.07) is 11.7. The molecule has 2 aromatic carbocycles. The Morgan fingerprint density at radius 3 is 2.43 bits per heavy atom. The Hall–Kier alpha value is -1.31. The van der Waals surface area contributed by atoms with Crippen LogP contribution in [0.2, 0.25) is 10.0 Å². The minimum Gasteiger partial charge on any atom is -0.449 e. The van der Waals surface area contributed by atoms with Crippen molar-refractivity contribution in [2.45, 2.75) is 13.0 Å². The smallest absolute Gasteiger partial charge is 0.338 e. The summed E-state index contributed by atoms with van der Waals surface area (Å²) in [5.41, 5.74) is 0.743. The zero-order valence-corrected chi connectivity index (χ0v) is 15.6. The van der Waals surface area contributed by atoms with Gasteiger partial charge in [-0.1, -0.05) is 29.3 Å². The highest BCUT2D eigenvalue weighted by atomic mass is 127. The number of anilines is 1. The van der Waals surface area contributed by atoms with Gasteiger partial charge in [-0.05, 0) is 65.9 Å². The van der Waals surface area contributed by atoms with Gasteiger partial charge in [0.25, 0.3) is 5.91 Å². The van der Waals surface area contributed by atoms with Crippen LogP contribution in [0.4, 0.5) is 5.69 Å². The average Bonchev–Trinajstić information content (AvgIpc) is 2.52. The average molecular weight is 464 g/mol. The van der Waals surface area contributed by atoms with Gasteiger partial charge in [0.1, 0.15) is 0 Å². The number of esters is 1. The van der Waals surface area contributed by atoms with Gasteiger partial charge in [-0.3, -0.25) is 4.79 Å². The Balaban J connectivity index is 2.01. The fraction of sp³-hybridized carbons (Fsp3) is 0.125. The van der Waals surface area contributed by atoms with Crippen molar-refractivity contribution in [1.29, 1.82) is 0 Å². The molecule has 2 rings (SSSR count). The van der Waals surface area contributed by atoms with Gasteiger partial charge in [0.15, 0.2) is 6.10 Å². The summed E-state index contributed by atoms with van der Waals surface area (Å²) < 4.78 is 6.15. The monoisotopic (exact) mass is 463 g/mol. The third-order valence-corrected chi connectivity index (χ3v) is 4.48. The van der Waals surface area contributed by atoms with Gasteiger partial charge in [-0.25, -0.2) is 4.79 Å². The van der Waals surface area contributed by atoms with Gasteiger partial charge in [-0.15, -0.1) is 0 Å². The lowest BCUT2D eigenvalue weighted by molar-refractivity contribution is -0.123. The van der Waals surface area contributed by atoms with E-state index in [9.17, 15) is 9.59 Å². The normalized spacial score (nSPS) is 11.7. The van der Waals surface area contributed by atoms with E-state index in [1.54, 1.807) is 42.5 Å². The van der Waals surface area contributed by atoms with Crippen molar-refractivity contribution in [1.82, 2.24) is 0 Å². The van der Waals surface area contributed by atoms with E-state index < -0.39 is 18.0 Å². The molecular formula is C16H12Cl2INO3. The number of halogens is 3. The van der Waals surface area contributed by atoms with Crippen LogP contribution in [0.15, 0.2) is 42.5 Å². The number of benzene rings is 2. The van der Waals surface area contributed by atoms with Crippen molar-refractivity contribution in [3.8, 4) is 0 Å². The molecule has 0 bridgehead atoms. The Morgan fingerprint density at radius 2 is 1.78 bits per heavy atom. The van der Waals surface area contributed by atoms with Crippen LogP contribution in [0.5, 0.6) is 0 Å². The van der Waals surface area contributed by atoms with E-state index in [0.717, 1.165) is 3.57 Å². The molecule has 1 N–H and O–H groups in total. The molecule has 0 fully saturated rings. The van der Waals surface area contributed by atoms with Gasteiger partial charge in [0, 0.05) is 3.57 Å². The van der Waals surface area contributed by atoms with E-state index >= 15 is 0 Å². The molecule has 0 saturated carbocycles. The quantitative estimate of drug-likeness (QED) is 0.524. The zero-order valence-electron chi connectivity index (χ0n) is 12.0. The molecule has 0 heterocycles. The van der Waals surface area contributed by atoms with Crippen molar-refractivity contribution in [3.63, 3.8) is 0 Å². The van der Waals surface area contributed by atoms with Crippen LogP contribution >= 0.6 is 45.8 Å². The van der Waals surface area contributed by atoms with Gasteiger partial charge >= 0.3 is 5.97 Å². The first-order valence-corrected chi connectivity index (χ1v) is 8.43. The number of ether oxygens (including phenoxy) is 1. The molecule has 0 radical (unpaired) electrons. The van der Waals surface area contributed by atoms with Crippen molar-refractivity contribution >= 4 is 63.4 Å². The predicted octanol–water partition coefficient (Wildman–Crippen LogP) is 4.78. The maximum atomic E-state index is 12.1. The maximum absolute atomic E-state index is 12.1. The van der Waals surface area contributed by atoms with Crippen molar-refractivity contribution in [2.75, 3.05) is 5.32 Å². The second-order valence-corrected chi connectivity index (χ2v) is 6.68. The number of carbonyl (C=O) groups excluding carboxylic acids is 2. The summed E-state index contributed by atoms with van der Waals surface area (Å²) in [6.45, 7) is 1.48. The first kappa shape index (κ1) is 18.0. The summed E-state index contributed by atoms with van der Waals surface area (Å²) in [7, 11) is 0. The lowest BCUT2D eigenvalue weighted by atomic mass is 10.2. The maximum Gasteiger partial charge on any atom is 0.338 e. The number of amides is 1. The van der Waals surface area contributed by atoms with E-state index in [4.69, 9.17) is 27.9 Å². The van der Waals surface area contributed by atoms with E-state index in [1.807, 2.05) is 0 Å². The van der Waals surface area contributed by atoms with Gasteiger partial charge in [0.05, 0.1) is 21.3 Å². The highest BCUT2D eigenvalue weighted by Crippen LogP contribution is 2.29. The topological polar surface area (TPSA) is 55.4 Å². The minimum absolute atomic E-state index is 0.235. The van der Waals surface area contributed by atoms with E-state index in [-0.39, 0.29) is 5.02 Å². The number of carbonyl (C=O) groups is 2. The second kappa shape index (κ2) is 7.99. The number of rotatable bonds is 4. The first-order valence-electron chi connectivity index (χ1n) is 6.60. The van der Waals surface area contributed by atoms with E-state index in [1.165, 1.54) is 6.92 Å². The summed E-state index contributed by atoms with van der Waals surface area (Å²) in [6.07, 6.45) is -0.975. The first-order chi connectivity index (χ1) is 10.9. The van der Waals surface area contributed by atoms with Crippen molar-refractivity contribution < 1.29 is 14.3 Å². The van der Waals surface area contributed by atoms with Crippen LogP contribution in [-0.4, -0.2) is 18.0 Å². The van der Waals surface area contributed by atoms with E-state index in [2.05, 4.69) is 27.9 Å². The third kappa shape index (κ3) is 4.83.